The summed E-state index contributed by atoms with van der Waals surface area (Å²) in [6, 6.07) is 13.7. The number of benzene rings is 2. The highest BCUT2D eigenvalue weighted by Crippen LogP contribution is 2.33. The molecule has 0 spiro atoms. The maximum absolute atomic E-state index is 13.0. The zero-order valence-corrected chi connectivity index (χ0v) is 14.5. The molecule has 0 radical (unpaired) electrons. The molecule has 3 aromatic rings. The minimum atomic E-state index is -3.91. The van der Waals surface area contributed by atoms with E-state index in [2.05, 4.69) is 4.98 Å². The van der Waals surface area contributed by atoms with Crippen LogP contribution < -0.4 is 0 Å². The number of Topliss-reactive ketones (excluding diaryl/α,β-unsaturated/α-hetero) is 1. The second-order valence-electron chi connectivity index (χ2n) is 5.95. The molecule has 26 heavy (non-hydrogen) atoms. The molecule has 0 saturated carbocycles. The number of hydrogen-bond donors (Lipinski definition) is 2. The number of sulfonamides is 1. The van der Waals surface area contributed by atoms with Crippen LogP contribution in [-0.4, -0.2) is 41.7 Å². The van der Waals surface area contributed by atoms with Crippen LogP contribution in [0.4, 0.5) is 0 Å². The number of allylic oxidation sites excluding steroid dienone is 1. The first-order valence-electron chi connectivity index (χ1n) is 8.09. The molecular weight excluding hydrogens is 352 g/mol. The van der Waals surface area contributed by atoms with E-state index in [1.54, 1.807) is 24.4 Å². The Bertz CT molecular complexity index is 1150. The van der Waals surface area contributed by atoms with Crippen LogP contribution in [0, 0.1) is 0 Å². The number of aliphatic hydroxyl groups is 1. The Kier molecular flexibility index (Phi) is 3.90. The van der Waals surface area contributed by atoms with E-state index in [0.29, 0.717) is 5.56 Å². The van der Waals surface area contributed by atoms with Gasteiger partial charge in [0.2, 0.25) is 5.78 Å². The van der Waals surface area contributed by atoms with E-state index in [1.807, 2.05) is 24.3 Å². The number of fused-ring (bicyclic) bond motifs is 2. The lowest BCUT2D eigenvalue weighted by Crippen LogP contribution is -2.40. The van der Waals surface area contributed by atoms with Gasteiger partial charge in [-0.3, -0.25) is 9.10 Å². The molecular formula is C19H16N2O4S. The molecule has 132 valence electrons. The highest BCUT2D eigenvalue weighted by Gasteiger charge is 2.38. The summed E-state index contributed by atoms with van der Waals surface area (Å²) < 4.78 is 26.9. The maximum atomic E-state index is 13.0. The first kappa shape index (κ1) is 16.6. The number of aromatic nitrogens is 1. The minimum absolute atomic E-state index is 0.0301. The summed E-state index contributed by atoms with van der Waals surface area (Å²) >= 11 is 0. The Morgan fingerprint density at radius 1 is 1.08 bits per heavy atom. The predicted molar refractivity (Wildman–Crippen MR) is 98.0 cm³/mol. The molecule has 0 fully saturated rings. The van der Waals surface area contributed by atoms with Crippen LogP contribution in [0.5, 0.6) is 0 Å². The number of rotatable bonds is 3. The lowest BCUT2D eigenvalue weighted by molar-refractivity contribution is 0.0998. The van der Waals surface area contributed by atoms with Gasteiger partial charge in [-0.25, -0.2) is 8.42 Å². The SMILES string of the molecule is O=C1/C(=C/c2c[nH]c3ccccc23)N(CCO)S(=O)(=O)c2ccccc21. The van der Waals surface area contributed by atoms with Crippen molar-refractivity contribution < 1.29 is 18.3 Å². The predicted octanol–water partition coefficient (Wildman–Crippen LogP) is 2.39. The normalized spacial score (nSPS) is 17.7. The largest absolute Gasteiger partial charge is 0.394 e. The molecule has 2 aromatic carbocycles. The first-order chi connectivity index (χ1) is 12.5. The second kappa shape index (κ2) is 6.12. The van der Waals surface area contributed by atoms with Crippen LogP contribution in [-0.2, 0) is 10.0 Å². The van der Waals surface area contributed by atoms with Gasteiger partial charge in [0.1, 0.15) is 5.70 Å². The van der Waals surface area contributed by atoms with E-state index in [1.165, 1.54) is 12.1 Å². The number of ketones is 1. The van der Waals surface area contributed by atoms with Gasteiger partial charge in [-0.05, 0) is 24.3 Å². The molecule has 4 rings (SSSR count). The number of hydrogen-bond acceptors (Lipinski definition) is 4. The summed E-state index contributed by atoms with van der Waals surface area (Å²) in [5, 5.41) is 10.2. The highest BCUT2D eigenvalue weighted by atomic mass is 32.2. The number of para-hydroxylation sites is 1. The molecule has 2 N–H and O–H groups in total. The van der Waals surface area contributed by atoms with Gasteiger partial charge in [-0.2, -0.15) is 0 Å². The first-order valence-corrected chi connectivity index (χ1v) is 9.53. The third-order valence-corrected chi connectivity index (χ3v) is 6.29. The van der Waals surface area contributed by atoms with E-state index in [0.717, 1.165) is 15.2 Å². The molecule has 0 saturated heterocycles. The number of aliphatic hydroxyl groups excluding tert-OH is 1. The van der Waals surface area contributed by atoms with Crippen LogP contribution in [0.25, 0.3) is 17.0 Å². The van der Waals surface area contributed by atoms with E-state index >= 15 is 0 Å². The molecule has 0 amide bonds. The number of β-amino-alcohol motifs (C(OH)–C–C–N with tert-alkyl or cyclic N) is 1. The van der Waals surface area contributed by atoms with Crippen molar-refractivity contribution in [3.8, 4) is 0 Å². The van der Waals surface area contributed by atoms with Gasteiger partial charge in [-0.1, -0.05) is 30.3 Å². The van der Waals surface area contributed by atoms with Crippen LogP contribution in [0.1, 0.15) is 15.9 Å². The standard InChI is InChI=1S/C19H16N2O4S/c22-10-9-21-17(11-13-12-20-16-7-3-1-5-14(13)16)19(23)15-6-2-4-8-18(15)26(21,24)25/h1-8,11-12,20,22H,9-10H2/b17-11-. The van der Waals surface area contributed by atoms with Crippen molar-refractivity contribution in [2.75, 3.05) is 13.2 Å². The third-order valence-electron chi connectivity index (χ3n) is 4.42. The van der Waals surface area contributed by atoms with Crippen LogP contribution in [0.15, 0.2) is 65.3 Å². The lowest BCUT2D eigenvalue weighted by Gasteiger charge is -2.30. The quantitative estimate of drug-likeness (QED) is 0.695. The average molecular weight is 368 g/mol. The summed E-state index contributed by atoms with van der Waals surface area (Å²) in [6.45, 7) is -0.573. The Morgan fingerprint density at radius 2 is 1.81 bits per heavy atom. The van der Waals surface area contributed by atoms with Crippen LogP contribution in [0.2, 0.25) is 0 Å². The molecule has 0 unspecified atom stereocenters. The zero-order valence-electron chi connectivity index (χ0n) is 13.7. The molecule has 2 heterocycles. The zero-order chi connectivity index (χ0) is 18.3. The molecule has 6 nitrogen and oxygen atoms in total. The molecule has 7 heteroatoms. The fourth-order valence-corrected chi connectivity index (χ4v) is 4.85. The Balaban J connectivity index is 1.95. The molecule has 0 aliphatic carbocycles. The van der Waals surface area contributed by atoms with Crippen molar-refractivity contribution in [1.29, 1.82) is 0 Å². The van der Waals surface area contributed by atoms with Crippen molar-refractivity contribution in [1.82, 2.24) is 9.29 Å². The summed E-state index contributed by atoms with van der Waals surface area (Å²) in [6.07, 6.45) is 3.29. The van der Waals surface area contributed by atoms with Crippen LogP contribution in [0.3, 0.4) is 0 Å². The molecule has 1 aliphatic rings. The van der Waals surface area contributed by atoms with Gasteiger partial charge in [-0.15, -0.1) is 0 Å². The molecule has 1 aromatic heterocycles. The lowest BCUT2D eigenvalue weighted by atomic mass is 10.0. The summed E-state index contributed by atoms with van der Waals surface area (Å²) in [4.78, 5) is 16.1. The van der Waals surface area contributed by atoms with Gasteiger partial charge >= 0.3 is 0 Å². The van der Waals surface area contributed by atoms with Gasteiger partial charge in [0.15, 0.2) is 0 Å². The number of aromatic amines is 1. The fraction of sp³-hybridized carbons (Fsp3) is 0.105. The van der Waals surface area contributed by atoms with Crippen molar-refractivity contribution in [3.05, 3.63) is 71.6 Å². The summed E-state index contributed by atoms with van der Waals surface area (Å²) in [5.74, 6) is -0.380. The van der Waals surface area contributed by atoms with Crippen LogP contribution >= 0.6 is 0 Å². The number of nitrogens with zero attached hydrogens (tertiary/aromatic N) is 1. The maximum Gasteiger partial charge on any atom is 0.265 e. The third kappa shape index (κ3) is 2.44. The number of H-pyrrole nitrogens is 1. The second-order valence-corrected chi connectivity index (χ2v) is 7.78. The number of nitrogens with one attached hydrogen (secondary N) is 1. The smallest absolute Gasteiger partial charge is 0.265 e. The average Bonchev–Trinajstić information content (AvgIpc) is 3.06. The van der Waals surface area contributed by atoms with Crippen molar-refractivity contribution in [2.45, 2.75) is 4.90 Å². The number of carbonyl (C=O) groups is 1. The summed E-state index contributed by atoms with van der Waals surface area (Å²) in [7, 11) is -3.91. The van der Waals surface area contributed by atoms with Crippen molar-refractivity contribution >= 4 is 32.8 Å². The Labute approximate surface area is 150 Å². The summed E-state index contributed by atoms with van der Waals surface area (Å²) in [5.41, 5.74) is 1.77. The van der Waals surface area contributed by atoms with Crippen molar-refractivity contribution in [3.63, 3.8) is 0 Å². The monoisotopic (exact) mass is 368 g/mol. The van der Waals surface area contributed by atoms with Gasteiger partial charge in [0.25, 0.3) is 10.0 Å². The minimum Gasteiger partial charge on any atom is -0.394 e. The molecule has 0 atom stereocenters. The highest BCUT2D eigenvalue weighted by molar-refractivity contribution is 7.89. The van der Waals surface area contributed by atoms with E-state index < -0.39 is 10.0 Å². The van der Waals surface area contributed by atoms with Gasteiger partial charge in [0, 0.05) is 28.2 Å². The van der Waals surface area contributed by atoms with Crippen molar-refractivity contribution in [2.24, 2.45) is 0 Å². The van der Waals surface area contributed by atoms with Gasteiger partial charge < -0.3 is 10.1 Å². The molecule has 0 bridgehead atoms. The number of carbonyl (C=O) groups excluding carboxylic acids is 1. The van der Waals surface area contributed by atoms with Gasteiger partial charge in [0.05, 0.1) is 18.0 Å². The topological polar surface area (TPSA) is 90.5 Å². The van der Waals surface area contributed by atoms with E-state index in [9.17, 15) is 18.3 Å². The Hall–Kier alpha value is -2.90. The Morgan fingerprint density at radius 3 is 2.62 bits per heavy atom. The molecule has 1 aliphatic heterocycles. The fourth-order valence-electron chi connectivity index (χ4n) is 3.21. The van der Waals surface area contributed by atoms with E-state index in [4.69, 9.17) is 0 Å². The van der Waals surface area contributed by atoms with E-state index in [-0.39, 0.29) is 35.1 Å².